The molecule has 0 atom stereocenters. The summed E-state index contributed by atoms with van der Waals surface area (Å²) >= 11 is 7.01. The number of hydrazone groups is 1. The zero-order valence-electron chi connectivity index (χ0n) is 18.2. The molecule has 1 aliphatic carbocycles. The summed E-state index contributed by atoms with van der Waals surface area (Å²) in [6.07, 6.45) is 9.31. The first-order valence-electron chi connectivity index (χ1n) is 10.5. The topological polar surface area (TPSA) is 152 Å². The van der Waals surface area contributed by atoms with Crippen molar-refractivity contribution >= 4 is 41.2 Å². The molecule has 0 aliphatic heterocycles. The molecule has 4 rings (SSSR count). The van der Waals surface area contributed by atoms with Crippen LogP contribution in [0.25, 0.3) is 5.65 Å². The lowest BCUT2D eigenvalue weighted by molar-refractivity contribution is 0.381. The molecule has 1 saturated carbocycles. The predicted molar refractivity (Wildman–Crippen MR) is 134 cm³/mol. The van der Waals surface area contributed by atoms with Crippen LogP contribution in [0.2, 0.25) is 5.02 Å². The van der Waals surface area contributed by atoms with E-state index in [4.69, 9.17) is 34.9 Å². The first-order valence-corrected chi connectivity index (χ1v) is 11.6. The van der Waals surface area contributed by atoms with Crippen molar-refractivity contribution in [1.82, 2.24) is 19.1 Å². The van der Waals surface area contributed by atoms with E-state index >= 15 is 0 Å². The first-order chi connectivity index (χ1) is 16.4. The van der Waals surface area contributed by atoms with E-state index in [9.17, 15) is 4.39 Å². The highest BCUT2D eigenvalue weighted by molar-refractivity contribution is 8.01. The standard InChI is InChI=1S/C21H26ClFN10S/c22-17-4-5-18(33(27)12-28-25)16(21(17)23)7-29-34-19(24)11-32(26)10-15-9-31-8-14(13-1-2-13)3-6-20(31)30-15/h3-6,8-9,11-13,29H,1-2,7,10,24-27H2/b19-11+,28-12-. The molecule has 2 aromatic heterocycles. The summed E-state index contributed by atoms with van der Waals surface area (Å²) in [4.78, 5) is 4.60. The molecule has 0 spiro atoms. The summed E-state index contributed by atoms with van der Waals surface area (Å²) in [5, 5.41) is 6.24. The van der Waals surface area contributed by atoms with Gasteiger partial charge in [-0.2, -0.15) is 5.10 Å². The van der Waals surface area contributed by atoms with Crippen molar-refractivity contribution in [2.45, 2.75) is 31.8 Å². The third-order valence-corrected chi connectivity index (χ3v) is 6.21. The Morgan fingerprint density at radius 1 is 1.29 bits per heavy atom. The second-order valence-corrected chi connectivity index (χ2v) is 9.26. The number of nitrogens with one attached hydrogen (secondary N) is 1. The van der Waals surface area contributed by atoms with Gasteiger partial charge in [0, 0.05) is 30.7 Å². The Hall–Kier alpha value is -3.03. The van der Waals surface area contributed by atoms with Crippen LogP contribution in [-0.2, 0) is 13.1 Å². The Balaban J connectivity index is 1.35. The van der Waals surface area contributed by atoms with Crippen LogP contribution >= 0.6 is 23.5 Å². The van der Waals surface area contributed by atoms with E-state index in [1.54, 1.807) is 12.3 Å². The van der Waals surface area contributed by atoms with Crippen LogP contribution in [-0.4, -0.2) is 20.7 Å². The van der Waals surface area contributed by atoms with Gasteiger partial charge < -0.3 is 21.0 Å². The number of hydrogen-bond acceptors (Lipinski definition) is 9. The Bertz CT molecular complexity index is 1230. The van der Waals surface area contributed by atoms with E-state index in [2.05, 4.69) is 27.1 Å². The molecule has 180 valence electrons. The number of nitrogens with zero attached hydrogens (tertiary/aromatic N) is 5. The van der Waals surface area contributed by atoms with Gasteiger partial charge in [0.15, 0.2) is 0 Å². The fourth-order valence-electron chi connectivity index (χ4n) is 3.54. The number of nitrogens with two attached hydrogens (primary N) is 4. The van der Waals surface area contributed by atoms with Crippen molar-refractivity contribution in [3.05, 3.63) is 75.5 Å². The molecular weight excluding hydrogens is 479 g/mol. The number of aromatic nitrogens is 2. The smallest absolute Gasteiger partial charge is 0.148 e. The minimum atomic E-state index is -0.604. The van der Waals surface area contributed by atoms with Crippen LogP contribution in [0.4, 0.5) is 10.1 Å². The number of rotatable bonds is 10. The van der Waals surface area contributed by atoms with Crippen molar-refractivity contribution in [3.8, 4) is 0 Å². The highest BCUT2D eigenvalue weighted by atomic mass is 35.5. The second-order valence-electron chi connectivity index (χ2n) is 7.89. The molecule has 0 bridgehead atoms. The highest BCUT2D eigenvalue weighted by Gasteiger charge is 2.23. The van der Waals surface area contributed by atoms with E-state index in [1.165, 1.54) is 29.5 Å². The van der Waals surface area contributed by atoms with Crippen molar-refractivity contribution in [1.29, 1.82) is 0 Å². The van der Waals surface area contributed by atoms with Gasteiger partial charge in [0.25, 0.3) is 0 Å². The number of hydrazine groups is 2. The van der Waals surface area contributed by atoms with Gasteiger partial charge >= 0.3 is 0 Å². The summed E-state index contributed by atoms with van der Waals surface area (Å²) in [6, 6.07) is 7.12. The van der Waals surface area contributed by atoms with Gasteiger partial charge in [0.2, 0.25) is 0 Å². The number of imidazole rings is 1. The second kappa shape index (κ2) is 10.5. The average Bonchev–Trinajstić information content (AvgIpc) is 3.56. The number of fused-ring (bicyclic) bond motifs is 1. The van der Waals surface area contributed by atoms with Gasteiger partial charge in [0.1, 0.15) is 17.8 Å². The molecule has 1 aliphatic rings. The molecule has 0 saturated heterocycles. The fourth-order valence-corrected chi connectivity index (χ4v) is 4.28. The summed E-state index contributed by atoms with van der Waals surface area (Å²) in [6.45, 7) is 0.447. The summed E-state index contributed by atoms with van der Waals surface area (Å²) in [7, 11) is 0. The third-order valence-electron chi connectivity index (χ3n) is 5.29. The lowest BCUT2D eigenvalue weighted by atomic mass is 10.1. The lowest BCUT2D eigenvalue weighted by Crippen LogP contribution is -2.31. The van der Waals surface area contributed by atoms with E-state index in [0.717, 1.165) is 34.6 Å². The number of hydrogen-bond donors (Lipinski definition) is 5. The zero-order chi connectivity index (χ0) is 24.2. The monoisotopic (exact) mass is 504 g/mol. The molecule has 9 N–H and O–H groups in total. The van der Waals surface area contributed by atoms with Crippen LogP contribution in [0, 0.1) is 5.82 Å². The van der Waals surface area contributed by atoms with Crippen LogP contribution < -0.4 is 33.0 Å². The van der Waals surface area contributed by atoms with Gasteiger partial charge in [-0.05, 0) is 54.5 Å². The molecule has 0 unspecified atom stereocenters. The zero-order valence-corrected chi connectivity index (χ0v) is 19.8. The van der Waals surface area contributed by atoms with Crippen LogP contribution in [0.1, 0.15) is 35.6 Å². The Morgan fingerprint density at radius 3 is 2.82 bits per heavy atom. The average molecular weight is 505 g/mol. The predicted octanol–water partition coefficient (Wildman–Crippen LogP) is 2.46. The summed E-state index contributed by atoms with van der Waals surface area (Å²) in [5.41, 5.74) is 9.66. The summed E-state index contributed by atoms with van der Waals surface area (Å²) in [5.74, 6) is 17.1. The van der Waals surface area contributed by atoms with E-state index < -0.39 is 5.82 Å². The maximum atomic E-state index is 14.6. The molecule has 3 aromatic rings. The lowest BCUT2D eigenvalue weighted by Gasteiger charge is -2.18. The van der Waals surface area contributed by atoms with Crippen molar-refractivity contribution in [2.75, 3.05) is 5.01 Å². The van der Waals surface area contributed by atoms with Gasteiger partial charge in [-0.3, -0.25) is 9.73 Å². The van der Waals surface area contributed by atoms with Gasteiger partial charge in [-0.1, -0.05) is 17.7 Å². The normalized spacial score (nSPS) is 14.3. The van der Waals surface area contributed by atoms with Crippen LogP contribution in [0.15, 0.2) is 53.0 Å². The first kappa shape index (κ1) is 24.1. The highest BCUT2D eigenvalue weighted by Crippen LogP contribution is 2.39. The van der Waals surface area contributed by atoms with E-state index in [-0.39, 0.29) is 17.1 Å². The summed E-state index contributed by atoms with van der Waals surface area (Å²) < 4.78 is 19.6. The molecule has 10 nitrogen and oxygen atoms in total. The molecule has 34 heavy (non-hydrogen) atoms. The Kier molecular flexibility index (Phi) is 7.44. The largest absolute Gasteiger partial charge is 0.391 e. The number of benzene rings is 1. The SMILES string of the molecule is N/N=C\N(N)c1ccc(Cl)c(F)c1CNS/C(N)=C/N(N)Cc1cn2cc(C3CC3)ccc2n1. The Labute approximate surface area is 205 Å². The number of anilines is 1. The Morgan fingerprint density at radius 2 is 2.09 bits per heavy atom. The third kappa shape index (κ3) is 5.72. The number of halogens is 2. The molecule has 1 aromatic carbocycles. The quantitative estimate of drug-likeness (QED) is 0.0920. The van der Waals surface area contributed by atoms with Crippen molar-refractivity contribution in [3.63, 3.8) is 0 Å². The number of pyridine rings is 1. The minimum Gasteiger partial charge on any atom is -0.391 e. The molecule has 13 heteroatoms. The van der Waals surface area contributed by atoms with Gasteiger partial charge in [-0.15, -0.1) is 0 Å². The van der Waals surface area contributed by atoms with Gasteiger partial charge in [0.05, 0.1) is 28.0 Å². The maximum absolute atomic E-state index is 14.6. The molecule has 2 heterocycles. The van der Waals surface area contributed by atoms with E-state index in [1.807, 2.05) is 16.7 Å². The molecule has 0 radical (unpaired) electrons. The van der Waals surface area contributed by atoms with Crippen LogP contribution in [0.5, 0.6) is 0 Å². The van der Waals surface area contributed by atoms with Gasteiger partial charge in [-0.25, -0.2) is 21.1 Å². The van der Waals surface area contributed by atoms with Crippen molar-refractivity contribution < 1.29 is 4.39 Å². The van der Waals surface area contributed by atoms with E-state index in [0.29, 0.717) is 23.2 Å². The fraction of sp³-hybridized carbons (Fsp3) is 0.238. The maximum Gasteiger partial charge on any atom is 0.148 e. The minimum absolute atomic E-state index is 0.0306. The molecular formula is C21H26ClFN10S. The van der Waals surface area contributed by atoms with Crippen molar-refractivity contribution in [2.24, 2.45) is 28.4 Å². The molecule has 0 amide bonds. The van der Waals surface area contributed by atoms with Crippen LogP contribution in [0.3, 0.4) is 0 Å². The molecule has 1 fully saturated rings.